The minimum Gasteiger partial charge on any atom is -0.462 e. The highest BCUT2D eigenvalue weighted by Crippen LogP contribution is 2.55. The van der Waals surface area contributed by atoms with Crippen LogP contribution in [0.1, 0.15) is 67.2 Å². The number of esters is 1. The van der Waals surface area contributed by atoms with Crippen LogP contribution in [0, 0.1) is 23.2 Å². The van der Waals surface area contributed by atoms with Crippen LogP contribution in [0.5, 0.6) is 0 Å². The first kappa shape index (κ1) is 21.2. The molecule has 0 radical (unpaired) electrons. The first-order valence-electron chi connectivity index (χ1n) is 9.83. The van der Waals surface area contributed by atoms with E-state index in [4.69, 9.17) is 4.74 Å². The fourth-order valence-corrected chi connectivity index (χ4v) is 4.87. The molecule has 0 spiro atoms. The van der Waals surface area contributed by atoms with Gasteiger partial charge in [-0.3, -0.25) is 4.79 Å². The molecule has 0 amide bonds. The van der Waals surface area contributed by atoms with Crippen molar-refractivity contribution in [2.24, 2.45) is 23.2 Å². The van der Waals surface area contributed by atoms with E-state index in [9.17, 15) is 15.0 Å². The lowest BCUT2D eigenvalue weighted by molar-refractivity contribution is -0.158. The number of allylic oxidation sites excluding steroid dienone is 3. The second-order valence-corrected chi connectivity index (χ2v) is 9.51. The Labute approximate surface area is 158 Å². The van der Waals surface area contributed by atoms with Crippen molar-refractivity contribution in [3.05, 3.63) is 24.3 Å². The first-order valence-corrected chi connectivity index (χ1v) is 9.83. The molecule has 0 heterocycles. The SMILES string of the molecule is CC(=O)OC1C[C@](C)(O)/C=C/CC(C)/C=C/[C@@]2(C)CCC(C(C)(C)O)C12. The number of ether oxygens (including phenoxy) is 1. The van der Waals surface area contributed by atoms with Crippen molar-refractivity contribution in [2.75, 3.05) is 0 Å². The van der Waals surface area contributed by atoms with E-state index in [1.54, 1.807) is 6.92 Å². The lowest BCUT2D eigenvalue weighted by Crippen LogP contribution is -2.47. The molecular formula is C22H36O4. The molecule has 0 bridgehead atoms. The van der Waals surface area contributed by atoms with E-state index < -0.39 is 17.3 Å². The highest BCUT2D eigenvalue weighted by atomic mass is 16.5. The average Bonchev–Trinajstić information content (AvgIpc) is 2.80. The summed E-state index contributed by atoms with van der Waals surface area (Å²) in [6.45, 7) is 11.2. The lowest BCUT2D eigenvalue weighted by atomic mass is 9.68. The van der Waals surface area contributed by atoms with E-state index in [1.807, 2.05) is 26.0 Å². The van der Waals surface area contributed by atoms with Crippen molar-refractivity contribution in [2.45, 2.75) is 84.5 Å². The van der Waals surface area contributed by atoms with Crippen LogP contribution in [0.25, 0.3) is 0 Å². The molecule has 0 aromatic heterocycles. The number of carbonyl (C=O) groups is 1. The average molecular weight is 365 g/mol. The number of carbonyl (C=O) groups excluding carboxylic acids is 1. The Bertz CT molecular complexity index is 569. The number of rotatable bonds is 2. The maximum atomic E-state index is 11.8. The summed E-state index contributed by atoms with van der Waals surface area (Å²) in [5, 5.41) is 21.7. The van der Waals surface area contributed by atoms with Gasteiger partial charge in [0.05, 0.1) is 11.2 Å². The van der Waals surface area contributed by atoms with Crippen LogP contribution in [-0.2, 0) is 9.53 Å². The van der Waals surface area contributed by atoms with Crippen molar-refractivity contribution >= 4 is 5.97 Å². The highest BCUT2D eigenvalue weighted by Gasteiger charge is 2.53. The molecule has 1 saturated carbocycles. The largest absolute Gasteiger partial charge is 0.462 e. The summed E-state index contributed by atoms with van der Waals surface area (Å²) in [6.07, 6.45) is 10.9. The number of hydrogen-bond acceptors (Lipinski definition) is 4. The fraction of sp³-hybridized carbons (Fsp3) is 0.773. The zero-order valence-electron chi connectivity index (χ0n) is 17.2. The Morgan fingerprint density at radius 1 is 1.27 bits per heavy atom. The van der Waals surface area contributed by atoms with Gasteiger partial charge in [0.2, 0.25) is 0 Å². The van der Waals surface area contributed by atoms with Crippen LogP contribution in [0.2, 0.25) is 0 Å². The van der Waals surface area contributed by atoms with Gasteiger partial charge in [-0.2, -0.15) is 0 Å². The summed E-state index contributed by atoms with van der Waals surface area (Å²) in [6, 6.07) is 0. The summed E-state index contributed by atoms with van der Waals surface area (Å²) < 4.78 is 5.75. The van der Waals surface area contributed by atoms with E-state index in [1.165, 1.54) is 6.92 Å². The maximum absolute atomic E-state index is 11.8. The van der Waals surface area contributed by atoms with Crippen LogP contribution in [0.3, 0.4) is 0 Å². The summed E-state index contributed by atoms with van der Waals surface area (Å²) in [5.74, 6) is -0.0260. The van der Waals surface area contributed by atoms with Crippen molar-refractivity contribution in [1.82, 2.24) is 0 Å². The second kappa shape index (κ2) is 7.47. The highest BCUT2D eigenvalue weighted by molar-refractivity contribution is 5.66. The predicted molar refractivity (Wildman–Crippen MR) is 103 cm³/mol. The lowest BCUT2D eigenvalue weighted by Gasteiger charge is -2.42. The Kier molecular flexibility index (Phi) is 6.09. The summed E-state index contributed by atoms with van der Waals surface area (Å²) in [5.41, 5.74) is -2.11. The maximum Gasteiger partial charge on any atom is 0.302 e. The minimum atomic E-state index is -1.06. The van der Waals surface area contributed by atoms with E-state index in [-0.39, 0.29) is 23.2 Å². The third-order valence-electron chi connectivity index (χ3n) is 6.22. The van der Waals surface area contributed by atoms with Gasteiger partial charge in [0.25, 0.3) is 0 Å². The molecule has 2 aliphatic rings. The Morgan fingerprint density at radius 3 is 2.50 bits per heavy atom. The van der Waals surface area contributed by atoms with Crippen LogP contribution in [0.4, 0.5) is 0 Å². The molecule has 4 unspecified atom stereocenters. The van der Waals surface area contributed by atoms with E-state index >= 15 is 0 Å². The van der Waals surface area contributed by atoms with Gasteiger partial charge in [0.1, 0.15) is 6.10 Å². The normalized spacial score (nSPS) is 43.8. The van der Waals surface area contributed by atoms with E-state index in [0.29, 0.717) is 12.3 Å². The minimum absolute atomic E-state index is 0.00246. The van der Waals surface area contributed by atoms with E-state index in [2.05, 4.69) is 26.0 Å². The summed E-state index contributed by atoms with van der Waals surface area (Å²) in [4.78, 5) is 11.8. The monoisotopic (exact) mass is 364 g/mol. The molecular weight excluding hydrogens is 328 g/mol. The Morgan fingerprint density at radius 2 is 1.92 bits per heavy atom. The molecule has 6 atom stereocenters. The number of hydrogen-bond donors (Lipinski definition) is 2. The van der Waals surface area contributed by atoms with Gasteiger partial charge in [0, 0.05) is 19.3 Å². The van der Waals surface area contributed by atoms with Gasteiger partial charge < -0.3 is 14.9 Å². The molecule has 4 heteroatoms. The quantitative estimate of drug-likeness (QED) is 0.574. The zero-order chi connectivity index (χ0) is 19.8. The van der Waals surface area contributed by atoms with Crippen LogP contribution in [0.15, 0.2) is 24.3 Å². The number of fused-ring (bicyclic) bond motifs is 1. The molecule has 0 aliphatic heterocycles. The van der Waals surface area contributed by atoms with Crippen LogP contribution in [-0.4, -0.2) is 33.5 Å². The zero-order valence-corrected chi connectivity index (χ0v) is 17.2. The van der Waals surface area contributed by atoms with Gasteiger partial charge in [-0.25, -0.2) is 0 Å². The molecule has 2 N–H and O–H groups in total. The van der Waals surface area contributed by atoms with Gasteiger partial charge in [-0.1, -0.05) is 38.2 Å². The molecule has 148 valence electrons. The molecule has 2 rings (SSSR count). The van der Waals surface area contributed by atoms with Crippen LogP contribution < -0.4 is 0 Å². The molecule has 0 aromatic rings. The van der Waals surface area contributed by atoms with Gasteiger partial charge >= 0.3 is 5.97 Å². The summed E-state index contributed by atoms with van der Waals surface area (Å²) in [7, 11) is 0. The number of aliphatic hydroxyl groups is 2. The molecule has 0 saturated heterocycles. The van der Waals surface area contributed by atoms with Crippen molar-refractivity contribution < 1.29 is 19.7 Å². The van der Waals surface area contributed by atoms with Crippen molar-refractivity contribution in [3.8, 4) is 0 Å². The topological polar surface area (TPSA) is 66.8 Å². The molecule has 4 nitrogen and oxygen atoms in total. The Balaban J connectivity index is 2.54. The van der Waals surface area contributed by atoms with Gasteiger partial charge in [0.15, 0.2) is 0 Å². The Hall–Kier alpha value is -1.13. The fourth-order valence-electron chi connectivity index (χ4n) is 4.87. The second-order valence-electron chi connectivity index (χ2n) is 9.51. The van der Waals surface area contributed by atoms with Crippen molar-refractivity contribution in [3.63, 3.8) is 0 Å². The van der Waals surface area contributed by atoms with Gasteiger partial charge in [-0.15, -0.1) is 0 Å². The van der Waals surface area contributed by atoms with Gasteiger partial charge in [-0.05, 0) is 57.3 Å². The van der Waals surface area contributed by atoms with Crippen LogP contribution >= 0.6 is 0 Å². The molecule has 1 fully saturated rings. The van der Waals surface area contributed by atoms with Crippen molar-refractivity contribution in [1.29, 1.82) is 0 Å². The molecule has 0 aromatic carbocycles. The third-order valence-corrected chi connectivity index (χ3v) is 6.22. The smallest absolute Gasteiger partial charge is 0.302 e. The molecule has 26 heavy (non-hydrogen) atoms. The van der Waals surface area contributed by atoms with E-state index in [0.717, 1.165) is 19.3 Å². The predicted octanol–water partition coefficient (Wildman–Crippen LogP) is 4.01. The third kappa shape index (κ3) is 4.98. The summed E-state index contributed by atoms with van der Waals surface area (Å²) >= 11 is 0. The molecule has 2 aliphatic carbocycles. The first-order chi connectivity index (χ1) is 11.8. The standard InChI is InChI=1S/C22H36O4/c1-15-8-7-11-22(6,25)14-18(26-16(2)23)19-17(20(3,4)24)10-13-21(19,5)12-9-15/h7,9,11-12,15,17-19,24-25H,8,10,13-14H2,1-6H3/b11-7+,12-9+/t15?,17?,18?,19?,21-,22+/m0/s1.